The number of rotatable bonds is 3. The summed E-state index contributed by atoms with van der Waals surface area (Å²) in [6.45, 7) is 0. The fourth-order valence-corrected chi connectivity index (χ4v) is 2.95. The Balaban J connectivity index is 1.91. The Hall–Kier alpha value is -3.22. The van der Waals surface area contributed by atoms with Crippen LogP contribution in [-0.4, -0.2) is 29.7 Å². The third-order valence-corrected chi connectivity index (χ3v) is 4.05. The maximum Gasteiger partial charge on any atom is 0.212 e. The molecule has 3 aromatic rings. The monoisotopic (exact) mass is 323 g/mol. The zero-order valence-electron chi connectivity index (χ0n) is 13.4. The predicted molar refractivity (Wildman–Crippen MR) is 92.7 cm³/mol. The smallest absolute Gasteiger partial charge is 0.212 e. The normalized spacial score (nSPS) is 16.2. The van der Waals surface area contributed by atoms with E-state index in [1.807, 2.05) is 47.0 Å². The number of nitrogens with one attached hydrogen (secondary N) is 1. The highest BCUT2D eigenvalue weighted by molar-refractivity contribution is 5.94. The number of hydrogen-bond donors (Lipinski definition) is 2. The van der Waals surface area contributed by atoms with Crippen molar-refractivity contribution < 1.29 is 9.47 Å². The first-order chi connectivity index (χ1) is 11.7. The van der Waals surface area contributed by atoms with Crippen LogP contribution in [0, 0.1) is 0 Å². The molecule has 2 heterocycles. The Bertz CT molecular complexity index is 947. The van der Waals surface area contributed by atoms with Crippen molar-refractivity contribution in [1.29, 1.82) is 0 Å². The quantitative estimate of drug-likeness (QED) is 0.772. The van der Waals surface area contributed by atoms with E-state index in [2.05, 4.69) is 15.3 Å². The molecule has 122 valence electrons. The Labute approximate surface area is 138 Å². The number of para-hydroxylation sites is 2. The molecular formula is C17H17N5O2. The van der Waals surface area contributed by atoms with E-state index in [0.717, 1.165) is 16.6 Å². The van der Waals surface area contributed by atoms with Gasteiger partial charge in [0.15, 0.2) is 23.6 Å². The summed E-state index contributed by atoms with van der Waals surface area (Å²) >= 11 is 0. The van der Waals surface area contributed by atoms with Gasteiger partial charge in [0.2, 0.25) is 5.95 Å². The second kappa shape index (κ2) is 5.45. The first-order valence-corrected chi connectivity index (χ1v) is 7.50. The number of hydrogen-bond acceptors (Lipinski definition) is 6. The number of imidazole rings is 1. The van der Waals surface area contributed by atoms with Crippen LogP contribution in [0.25, 0.3) is 11.0 Å². The average molecular weight is 323 g/mol. The van der Waals surface area contributed by atoms with E-state index in [1.54, 1.807) is 14.2 Å². The van der Waals surface area contributed by atoms with Gasteiger partial charge >= 0.3 is 0 Å². The van der Waals surface area contributed by atoms with Crippen LogP contribution >= 0.6 is 0 Å². The number of methoxy groups -OCH3 is 2. The number of nitrogens with two attached hydrogens (primary N) is 1. The summed E-state index contributed by atoms with van der Waals surface area (Å²) in [5.41, 5.74) is 8.75. The van der Waals surface area contributed by atoms with E-state index >= 15 is 0 Å². The number of aliphatic imine (C=N–C) groups is 1. The number of fused-ring (bicyclic) bond motifs is 3. The predicted octanol–water partition coefficient (Wildman–Crippen LogP) is 2.34. The SMILES string of the molecule is COc1ccc([C@@H]2N=C(N)Nc3nc4ccccc4n32)cc1OC. The minimum absolute atomic E-state index is 0.326. The Kier molecular flexibility index (Phi) is 3.26. The summed E-state index contributed by atoms with van der Waals surface area (Å²) in [6.07, 6.45) is -0.326. The van der Waals surface area contributed by atoms with Gasteiger partial charge in [0.25, 0.3) is 0 Å². The standard InChI is InChI=1S/C17H17N5O2/c1-23-13-8-7-10(9-14(13)24-2)15-20-16(18)21-17-19-11-5-3-4-6-12(11)22(15)17/h3-9,15H,1-2H3,(H3,18,19,20,21)/t15-/m1/s1. The van der Waals surface area contributed by atoms with Crippen molar-refractivity contribution in [2.45, 2.75) is 6.17 Å². The summed E-state index contributed by atoms with van der Waals surface area (Å²) in [7, 11) is 3.22. The van der Waals surface area contributed by atoms with Crippen LogP contribution < -0.4 is 20.5 Å². The molecule has 0 aliphatic carbocycles. The van der Waals surface area contributed by atoms with E-state index in [0.29, 0.717) is 23.4 Å². The van der Waals surface area contributed by atoms with E-state index in [-0.39, 0.29) is 6.17 Å². The van der Waals surface area contributed by atoms with E-state index in [9.17, 15) is 0 Å². The highest BCUT2D eigenvalue weighted by atomic mass is 16.5. The topological polar surface area (TPSA) is 86.7 Å². The van der Waals surface area contributed by atoms with Gasteiger partial charge in [0, 0.05) is 5.56 Å². The van der Waals surface area contributed by atoms with Crippen LogP contribution in [0.5, 0.6) is 11.5 Å². The van der Waals surface area contributed by atoms with Crippen LogP contribution in [-0.2, 0) is 0 Å². The lowest BCUT2D eigenvalue weighted by molar-refractivity contribution is 0.354. The molecule has 1 aliphatic heterocycles. The maximum absolute atomic E-state index is 5.96. The summed E-state index contributed by atoms with van der Waals surface area (Å²) < 4.78 is 12.7. The molecule has 0 fully saturated rings. The molecule has 7 heteroatoms. The molecule has 4 rings (SSSR count). The number of ether oxygens (including phenoxy) is 2. The molecule has 0 radical (unpaired) electrons. The van der Waals surface area contributed by atoms with Gasteiger partial charge in [0.1, 0.15) is 0 Å². The van der Waals surface area contributed by atoms with Gasteiger partial charge in [-0.25, -0.2) is 9.98 Å². The lowest BCUT2D eigenvalue weighted by Crippen LogP contribution is -2.31. The minimum Gasteiger partial charge on any atom is -0.493 e. The number of benzene rings is 2. The van der Waals surface area contributed by atoms with Crippen LogP contribution in [0.15, 0.2) is 47.5 Å². The van der Waals surface area contributed by atoms with Crippen LogP contribution in [0.1, 0.15) is 11.7 Å². The van der Waals surface area contributed by atoms with Crippen molar-refractivity contribution in [3.8, 4) is 11.5 Å². The van der Waals surface area contributed by atoms with Crippen molar-refractivity contribution in [3.05, 3.63) is 48.0 Å². The summed E-state index contributed by atoms with van der Waals surface area (Å²) in [4.78, 5) is 9.15. The molecular weight excluding hydrogens is 306 g/mol. The lowest BCUT2D eigenvalue weighted by atomic mass is 10.1. The van der Waals surface area contributed by atoms with Gasteiger partial charge in [-0.3, -0.25) is 9.88 Å². The van der Waals surface area contributed by atoms with E-state index in [4.69, 9.17) is 15.2 Å². The summed E-state index contributed by atoms with van der Waals surface area (Å²) in [5.74, 6) is 2.32. The average Bonchev–Trinajstić information content (AvgIpc) is 2.98. The fourth-order valence-electron chi connectivity index (χ4n) is 2.95. The third-order valence-electron chi connectivity index (χ3n) is 4.05. The maximum atomic E-state index is 5.96. The van der Waals surface area contributed by atoms with Crippen LogP contribution in [0.2, 0.25) is 0 Å². The molecule has 0 unspecified atom stereocenters. The van der Waals surface area contributed by atoms with Crippen LogP contribution in [0.3, 0.4) is 0 Å². The molecule has 1 aliphatic rings. The molecule has 7 nitrogen and oxygen atoms in total. The fraction of sp³-hybridized carbons (Fsp3) is 0.176. The van der Waals surface area contributed by atoms with Crippen molar-refractivity contribution in [2.24, 2.45) is 10.7 Å². The summed E-state index contributed by atoms with van der Waals surface area (Å²) in [5, 5.41) is 3.02. The first kappa shape index (κ1) is 14.4. The lowest BCUT2D eigenvalue weighted by Gasteiger charge is -2.24. The van der Waals surface area contributed by atoms with Gasteiger partial charge in [-0.1, -0.05) is 18.2 Å². The van der Waals surface area contributed by atoms with Gasteiger partial charge in [-0.05, 0) is 24.3 Å². The number of anilines is 1. The molecule has 24 heavy (non-hydrogen) atoms. The molecule has 0 saturated heterocycles. The number of aromatic nitrogens is 2. The Morgan fingerprint density at radius 1 is 1.08 bits per heavy atom. The molecule has 1 atom stereocenters. The molecule has 0 saturated carbocycles. The first-order valence-electron chi connectivity index (χ1n) is 7.50. The zero-order chi connectivity index (χ0) is 16.7. The second-order valence-corrected chi connectivity index (χ2v) is 5.42. The van der Waals surface area contributed by atoms with Gasteiger partial charge < -0.3 is 15.2 Å². The highest BCUT2D eigenvalue weighted by Gasteiger charge is 2.25. The minimum atomic E-state index is -0.326. The molecule has 3 N–H and O–H groups in total. The van der Waals surface area contributed by atoms with Gasteiger partial charge in [-0.15, -0.1) is 0 Å². The van der Waals surface area contributed by atoms with Crippen LogP contribution in [0.4, 0.5) is 5.95 Å². The molecule has 0 spiro atoms. The Morgan fingerprint density at radius 2 is 1.88 bits per heavy atom. The van der Waals surface area contributed by atoms with Gasteiger partial charge in [0.05, 0.1) is 25.3 Å². The number of guanidine groups is 1. The van der Waals surface area contributed by atoms with Crippen molar-refractivity contribution in [2.75, 3.05) is 19.5 Å². The molecule has 0 amide bonds. The van der Waals surface area contributed by atoms with Crippen molar-refractivity contribution >= 4 is 22.9 Å². The number of nitrogens with zero attached hydrogens (tertiary/aromatic N) is 3. The van der Waals surface area contributed by atoms with Crippen molar-refractivity contribution in [1.82, 2.24) is 9.55 Å². The zero-order valence-corrected chi connectivity index (χ0v) is 13.4. The second-order valence-electron chi connectivity index (χ2n) is 5.42. The van der Waals surface area contributed by atoms with Gasteiger partial charge in [-0.2, -0.15) is 0 Å². The largest absolute Gasteiger partial charge is 0.493 e. The molecule has 0 bridgehead atoms. The van der Waals surface area contributed by atoms with E-state index in [1.165, 1.54) is 0 Å². The van der Waals surface area contributed by atoms with Crippen molar-refractivity contribution in [3.63, 3.8) is 0 Å². The third kappa shape index (κ3) is 2.13. The molecule has 1 aromatic heterocycles. The molecule has 2 aromatic carbocycles. The van der Waals surface area contributed by atoms with E-state index < -0.39 is 0 Å². The Morgan fingerprint density at radius 3 is 2.67 bits per heavy atom. The highest BCUT2D eigenvalue weighted by Crippen LogP contribution is 2.36. The summed E-state index contributed by atoms with van der Waals surface area (Å²) in [6, 6.07) is 13.6.